The summed E-state index contributed by atoms with van der Waals surface area (Å²) in [4.78, 5) is 36.3. The summed E-state index contributed by atoms with van der Waals surface area (Å²) in [6, 6.07) is 7.53. The zero-order valence-corrected chi connectivity index (χ0v) is 16.8. The summed E-state index contributed by atoms with van der Waals surface area (Å²) >= 11 is 0. The Morgan fingerprint density at radius 3 is 2.40 bits per heavy atom. The van der Waals surface area contributed by atoms with Gasteiger partial charge in [-0.05, 0) is 19.4 Å². The fourth-order valence-electron chi connectivity index (χ4n) is 3.14. The van der Waals surface area contributed by atoms with Gasteiger partial charge in [-0.25, -0.2) is 9.59 Å². The van der Waals surface area contributed by atoms with Crippen LogP contribution in [0, 0.1) is 21.4 Å². The molecule has 10 heteroatoms. The van der Waals surface area contributed by atoms with Gasteiger partial charge in [0.25, 0.3) is 5.69 Å². The Labute approximate surface area is 172 Å². The van der Waals surface area contributed by atoms with Crippen molar-refractivity contribution in [3.8, 4) is 6.07 Å². The Bertz CT molecular complexity index is 959. The van der Waals surface area contributed by atoms with Crippen molar-refractivity contribution >= 4 is 17.6 Å². The molecule has 0 unspecified atom stereocenters. The first kappa shape index (κ1) is 22.6. The summed E-state index contributed by atoms with van der Waals surface area (Å²) in [5.41, 5.74) is 1.21. The van der Waals surface area contributed by atoms with Gasteiger partial charge in [0.2, 0.25) is 0 Å². The molecule has 1 atom stereocenters. The van der Waals surface area contributed by atoms with E-state index in [-0.39, 0.29) is 36.7 Å². The van der Waals surface area contributed by atoms with Crippen molar-refractivity contribution in [2.45, 2.75) is 26.2 Å². The number of dihydropyridines is 1. The second-order valence-electron chi connectivity index (χ2n) is 6.37. The molecule has 158 valence electrons. The van der Waals surface area contributed by atoms with Crippen LogP contribution in [0.25, 0.3) is 0 Å². The zero-order valence-electron chi connectivity index (χ0n) is 16.8. The first-order valence-corrected chi connectivity index (χ1v) is 8.94. The number of nitrogens with one attached hydrogen (secondary N) is 1. The second-order valence-corrected chi connectivity index (χ2v) is 6.37. The lowest BCUT2D eigenvalue weighted by atomic mass is 9.80. The maximum Gasteiger partial charge on any atom is 0.338 e. The molecule has 0 radical (unpaired) electrons. The van der Waals surface area contributed by atoms with Crippen LogP contribution < -0.4 is 5.32 Å². The van der Waals surface area contributed by atoms with Crippen LogP contribution in [0.4, 0.5) is 5.69 Å². The maximum atomic E-state index is 12.8. The number of nitriles is 1. The highest BCUT2D eigenvalue weighted by atomic mass is 16.7. The number of rotatable bonds is 8. The standard InChI is InChI=1S/C20H21N3O7/c1-12-16(19(24)29-9-5-8-21)18(14-6-4-7-15(10-14)23(26)27)17(13(2)22-12)20(25)30-11-28-3/h4,6-7,10,18,22H,5,9,11H2,1-3H3/t18-/m0/s1. The number of nitro benzene ring substituents is 1. The number of esters is 2. The Balaban J connectivity index is 2.59. The number of nitro groups is 1. The molecule has 0 fully saturated rings. The first-order valence-electron chi connectivity index (χ1n) is 8.94. The minimum Gasteiger partial charge on any atom is -0.461 e. The van der Waals surface area contributed by atoms with Gasteiger partial charge < -0.3 is 19.5 Å². The number of carbonyl (C=O) groups is 2. The van der Waals surface area contributed by atoms with Crippen LogP contribution in [-0.4, -0.2) is 37.4 Å². The van der Waals surface area contributed by atoms with E-state index >= 15 is 0 Å². The van der Waals surface area contributed by atoms with E-state index in [4.69, 9.17) is 19.5 Å². The molecule has 1 aliphatic rings. The first-order chi connectivity index (χ1) is 14.3. The van der Waals surface area contributed by atoms with Crippen molar-refractivity contribution in [3.05, 3.63) is 62.5 Å². The van der Waals surface area contributed by atoms with Crippen LogP contribution >= 0.6 is 0 Å². The Kier molecular flexibility index (Phi) is 7.66. The van der Waals surface area contributed by atoms with E-state index in [1.54, 1.807) is 19.9 Å². The summed E-state index contributed by atoms with van der Waals surface area (Å²) < 4.78 is 15.0. The molecule has 0 bridgehead atoms. The molecule has 0 aliphatic carbocycles. The smallest absolute Gasteiger partial charge is 0.338 e. The molecule has 0 amide bonds. The number of benzene rings is 1. The van der Waals surface area contributed by atoms with E-state index in [0.29, 0.717) is 17.0 Å². The maximum absolute atomic E-state index is 12.8. The number of carbonyl (C=O) groups excluding carboxylic acids is 2. The second kappa shape index (κ2) is 10.2. The van der Waals surface area contributed by atoms with Gasteiger partial charge in [0.15, 0.2) is 6.79 Å². The van der Waals surface area contributed by atoms with Crippen molar-refractivity contribution in [2.24, 2.45) is 0 Å². The van der Waals surface area contributed by atoms with E-state index in [0.717, 1.165) is 0 Å². The van der Waals surface area contributed by atoms with Crippen molar-refractivity contribution in [1.82, 2.24) is 5.32 Å². The van der Waals surface area contributed by atoms with Crippen molar-refractivity contribution in [2.75, 3.05) is 20.5 Å². The summed E-state index contributed by atoms with van der Waals surface area (Å²) in [7, 11) is 1.35. The van der Waals surface area contributed by atoms with Gasteiger partial charge in [0.05, 0.1) is 34.5 Å². The lowest BCUT2D eigenvalue weighted by Crippen LogP contribution is -2.32. The fourth-order valence-corrected chi connectivity index (χ4v) is 3.14. The summed E-state index contributed by atoms with van der Waals surface area (Å²) in [6.45, 7) is 2.84. The van der Waals surface area contributed by atoms with E-state index < -0.39 is 22.8 Å². The normalized spacial score (nSPS) is 15.9. The average molecular weight is 415 g/mol. The molecule has 30 heavy (non-hydrogen) atoms. The summed E-state index contributed by atoms with van der Waals surface area (Å²) in [5.74, 6) is -2.45. The number of hydrogen-bond donors (Lipinski definition) is 1. The quantitative estimate of drug-likeness (QED) is 0.223. The highest BCUT2D eigenvalue weighted by molar-refractivity contribution is 5.99. The van der Waals surface area contributed by atoms with Crippen LogP contribution in [0.3, 0.4) is 0 Å². The molecule has 1 heterocycles. The number of methoxy groups -OCH3 is 1. The number of allylic oxidation sites excluding steroid dienone is 2. The van der Waals surface area contributed by atoms with Crippen LogP contribution in [0.2, 0.25) is 0 Å². The monoisotopic (exact) mass is 415 g/mol. The average Bonchev–Trinajstić information content (AvgIpc) is 2.71. The fraction of sp³-hybridized carbons (Fsp3) is 0.350. The lowest BCUT2D eigenvalue weighted by Gasteiger charge is -2.30. The van der Waals surface area contributed by atoms with Gasteiger partial charge in [-0.1, -0.05) is 12.1 Å². The molecule has 1 aromatic rings. The molecule has 0 saturated heterocycles. The summed E-state index contributed by atoms with van der Waals surface area (Å²) in [5, 5.41) is 22.9. The third-order valence-electron chi connectivity index (χ3n) is 4.37. The van der Waals surface area contributed by atoms with Crippen molar-refractivity contribution in [3.63, 3.8) is 0 Å². The SMILES string of the molecule is COCOC(=O)C1=C(C)NC(C)=C(C(=O)OCCC#N)[C@@H]1c1cccc([N+](=O)[O-])c1. The van der Waals surface area contributed by atoms with E-state index in [9.17, 15) is 19.7 Å². The molecule has 1 N–H and O–H groups in total. The number of hydrogen-bond acceptors (Lipinski definition) is 9. The highest BCUT2D eigenvalue weighted by Crippen LogP contribution is 2.40. The van der Waals surface area contributed by atoms with Crippen LogP contribution in [0.15, 0.2) is 46.8 Å². The largest absolute Gasteiger partial charge is 0.461 e. The third kappa shape index (κ3) is 5.01. The van der Waals surface area contributed by atoms with Crippen molar-refractivity contribution < 1.29 is 28.7 Å². The van der Waals surface area contributed by atoms with Gasteiger partial charge in [0.1, 0.15) is 6.61 Å². The van der Waals surface area contributed by atoms with Gasteiger partial charge in [0, 0.05) is 30.6 Å². The topological polar surface area (TPSA) is 141 Å². The van der Waals surface area contributed by atoms with Crippen molar-refractivity contribution in [1.29, 1.82) is 5.26 Å². The number of nitrogens with zero attached hydrogens (tertiary/aromatic N) is 2. The van der Waals surface area contributed by atoms with Crippen LogP contribution in [0.5, 0.6) is 0 Å². The lowest BCUT2D eigenvalue weighted by molar-refractivity contribution is -0.384. The zero-order chi connectivity index (χ0) is 22.3. The minimum atomic E-state index is -0.968. The minimum absolute atomic E-state index is 0.00454. The van der Waals surface area contributed by atoms with E-state index in [1.807, 2.05) is 6.07 Å². The Morgan fingerprint density at radius 2 is 1.83 bits per heavy atom. The third-order valence-corrected chi connectivity index (χ3v) is 4.37. The Morgan fingerprint density at radius 1 is 1.20 bits per heavy atom. The summed E-state index contributed by atoms with van der Waals surface area (Å²) in [6.07, 6.45) is 0.00454. The highest BCUT2D eigenvalue weighted by Gasteiger charge is 2.38. The van der Waals surface area contributed by atoms with E-state index in [1.165, 1.54) is 25.3 Å². The molecule has 1 aromatic carbocycles. The molecule has 2 rings (SSSR count). The Hall–Kier alpha value is -3.71. The molecule has 0 aromatic heterocycles. The van der Waals surface area contributed by atoms with E-state index in [2.05, 4.69) is 5.32 Å². The predicted molar refractivity (Wildman–Crippen MR) is 104 cm³/mol. The number of non-ortho nitro benzene ring substituents is 1. The molecule has 0 saturated carbocycles. The number of ether oxygens (including phenoxy) is 3. The molecule has 0 spiro atoms. The molecular weight excluding hydrogens is 394 g/mol. The molecule has 10 nitrogen and oxygen atoms in total. The van der Waals surface area contributed by atoms with Gasteiger partial charge in [-0.15, -0.1) is 0 Å². The molecular formula is C20H21N3O7. The van der Waals surface area contributed by atoms with Gasteiger partial charge >= 0.3 is 11.9 Å². The van der Waals surface area contributed by atoms with Gasteiger partial charge in [-0.2, -0.15) is 5.26 Å². The molecule has 1 aliphatic heterocycles. The predicted octanol–water partition coefficient (Wildman–Crippen LogP) is 2.43. The van der Waals surface area contributed by atoms with Gasteiger partial charge in [-0.3, -0.25) is 10.1 Å². The van der Waals surface area contributed by atoms with Crippen LogP contribution in [-0.2, 0) is 23.8 Å². The van der Waals surface area contributed by atoms with Crippen LogP contribution in [0.1, 0.15) is 31.7 Å².